The van der Waals surface area contributed by atoms with Crippen molar-refractivity contribution in [3.8, 4) is 17.4 Å². The summed E-state index contributed by atoms with van der Waals surface area (Å²) in [6.07, 6.45) is 6.12. The average Bonchev–Trinajstić information content (AvgIpc) is 3.30. The monoisotopic (exact) mass is 451 g/mol. The molecule has 1 heterocycles. The molecule has 0 bridgehead atoms. The molecule has 1 aliphatic carbocycles. The average molecular weight is 452 g/mol. The smallest absolute Gasteiger partial charge is 0.219 e. The number of methoxy groups -OCH3 is 1. The van der Waals surface area contributed by atoms with Gasteiger partial charge in [-0.05, 0) is 61.0 Å². The van der Waals surface area contributed by atoms with Crippen molar-refractivity contribution >= 4 is 23.0 Å². The molecule has 166 valence electrons. The predicted octanol–water partition coefficient (Wildman–Crippen LogP) is 5.82. The number of ether oxygens (including phenoxy) is 2. The number of nitrogens with one attached hydrogen (secondary N) is 2. The number of nitrogens with zero attached hydrogens (tertiary/aromatic N) is 1. The Kier molecular flexibility index (Phi) is 6.85. The van der Waals surface area contributed by atoms with Gasteiger partial charge in [0.05, 0.1) is 19.0 Å². The van der Waals surface area contributed by atoms with Crippen molar-refractivity contribution in [2.24, 2.45) is 0 Å². The highest BCUT2D eigenvalue weighted by atomic mass is 32.1. The minimum absolute atomic E-state index is 0.0237. The fourth-order valence-corrected chi connectivity index (χ4v) is 4.37. The van der Waals surface area contributed by atoms with E-state index >= 15 is 0 Å². The molecule has 0 aliphatic heterocycles. The van der Waals surface area contributed by atoms with E-state index in [1.54, 1.807) is 19.4 Å². The van der Waals surface area contributed by atoms with Crippen LogP contribution in [0.1, 0.15) is 31.2 Å². The lowest BCUT2D eigenvalue weighted by atomic mass is 9.79. The zero-order valence-electron chi connectivity index (χ0n) is 17.9. The van der Waals surface area contributed by atoms with E-state index in [2.05, 4.69) is 15.6 Å². The number of benzene rings is 2. The van der Waals surface area contributed by atoms with Gasteiger partial charge < -0.3 is 20.1 Å². The molecule has 2 aromatic carbocycles. The fraction of sp³-hybridized carbons (Fsp3) is 0.280. The van der Waals surface area contributed by atoms with Gasteiger partial charge in [0.15, 0.2) is 16.6 Å². The van der Waals surface area contributed by atoms with Gasteiger partial charge in [0.2, 0.25) is 5.88 Å². The second-order valence-electron chi connectivity index (χ2n) is 7.94. The molecule has 4 rings (SSSR count). The van der Waals surface area contributed by atoms with E-state index < -0.39 is 0 Å². The van der Waals surface area contributed by atoms with Crippen LogP contribution in [0, 0.1) is 5.82 Å². The summed E-state index contributed by atoms with van der Waals surface area (Å²) in [5.41, 5.74) is 1.90. The van der Waals surface area contributed by atoms with Crippen molar-refractivity contribution in [3.63, 3.8) is 0 Å². The standard InChI is InChI=1S/C25H26FN3O2S/c1-30-21-6-2-3-7-22(21)31-23-13-12-20(16-27-23)29-24(32)28-17-25(14-4-5-15-25)18-8-10-19(26)11-9-18/h2-3,6-13,16H,4-5,14-15,17H2,1H3,(H2,28,29,32). The summed E-state index contributed by atoms with van der Waals surface area (Å²) in [6.45, 7) is 0.701. The van der Waals surface area contributed by atoms with Gasteiger partial charge >= 0.3 is 0 Å². The first-order chi connectivity index (χ1) is 15.6. The van der Waals surface area contributed by atoms with Crippen LogP contribution in [0.4, 0.5) is 10.1 Å². The topological polar surface area (TPSA) is 55.4 Å². The van der Waals surface area contributed by atoms with Crippen LogP contribution in [0.3, 0.4) is 0 Å². The van der Waals surface area contributed by atoms with E-state index in [4.69, 9.17) is 21.7 Å². The van der Waals surface area contributed by atoms with Crippen molar-refractivity contribution in [3.05, 3.63) is 78.2 Å². The van der Waals surface area contributed by atoms with Crippen molar-refractivity contribution in [1.82, 2.24) is 10.3 Å². The number of halogens is 1. The Morgan fingerprint density at radius 2 is 1.75 bits per heavy atom. The van der Waals surface area contributed by atoms with Gasteiger partial charge in [0.25, 0.3) is 0 Å². The van der Waals surface area contributed by atoms with Crippen LogP contribution < -0.4 is 20.1 Å². The molecule has 7 heteroatoms. The lowest BCUT2D eigenvalue weighted by Crippen LogP contribution is -2.40. The largest absolute Gasteiger partial charge is 0.493 e. The van der Waals surface area contributed by atoms with Crippen LogP contribution in [0.2, 0.25) is 0 Å². The number of para-hydroxylation sites is 2. The summed E-state index contributed by atoms with van der Waals surface area (Å²) in [5, 5.41) is 7.05. The highest BCUT2D eigenvalue weighted by Gasteiger charge is 2.35. The number of pyridine rings is 1. The molecule has 1 aliphatic rings. The zero-order valence-corrected chi connectivity index (χ0v) is 18.8. The summed E-state index contributed by atoms with van der Waals surface area (Å²) < 4.78 is 24.5. The molecule has 0 spiro atoms. The second-order valence-corrected chi connectivity index (χ2v) is 8.35. The number of aromatic nitrogens is 1. The molecule has 0 atom stereocenters. The number of rotatable bonds is 7. The maximum atomic E-state index is 13.4. The Morgan fingerprint density at radius 3 is 2.41 bits per heavy atom. The number of thiocarbonyl (C=S) groups is 1. The quantitative estimate of drug-likeness (QED) is 0.442. The third-order valence-electron chi connectivity index (χ3n) is 5.88. The van der Waals surface area contributed by atoms with Crippen LogP contribution in [0.15, 0.2) is 66.9 Å². The maximum Gasteiger partial charge on any atom is 0.219 e. The molecule has 32 heavy (non-hydrogen) atoms. The molecular formula is C25H26FN3O2S. The Morgan fingerprint density at radius 1 is 1.03 bits per heavy atom. The molecule has 3 aromatic rings. The minimum Gasteiger partial charge on any atom is -0.493 e. The minimum atomic E-state index is -0.210. The Labute approximate surface area is 193 Å². The van der Waals surface area contributed by atoms with Gasteiger partial charge in [-0.25, -0.2) is 9.37 Å². The molecular weight excluding hydrogens is 425 g/mol. The normalized spacial score (nSPS) is 14.6. The lowest BCUT2D eigenvalue weighted by molar-refractivity contribution is 0.374. The summed E-state index contributed by atoms with van der Waals surface area (Å²) in [7, 11) is 1.60. The van der Waals surface area contributed by atoms with E-state index in [1.807, 2.05) is 42.5 Å². The van der Waals surface area contributed by atoms with Gasteiger partial charge in [-0.2, -0.15) is 0 Å². The lowest BCUT2D eigenvalue weighted by Gasteiger charge is -2.30. The summed E-state index contributed by atoms with van der Waals surface area (Å²) in [4.78, 5) is 4.35. The molecule has 0 unspecified atom stereocenters. The zero-order chi connectivity index (χ0) is 22.4. The van der Waals surface area contributed by atoms with Crippen LogP contribution in [-0.2, 0) is 5.41 Å². The van der Waals surface area contributed by atoms with Gasteiger partial charge in [-0.1, -0.05) is 37.1 Å². The Balaban J connectivity index is 1.35. The van der Waals surface area contributed by atoms with Gasteiger partial charge in [-0.15, -0.1) is 0 Å². The van der Waals surface area contributed by atoms with Crippen molar-refractivity contribution in [1.29, 1.82) is 0 Å². The number of hydrogen-bond acceptors (Lipinski definition) is 4. The SMILES string of the molecule is COc1ccccc1Oc1ccc(NC(=S)NCC2(c3ccc(F)cc3)CCCC2)cn1. The van der Waals surface area contributed by atoms with Crippen LogP contribution in [-0.4, -0.2) is 23.8 Å². The molecule has 1 fully saturated rings. The van der Waals surface area contributed by atoms with E-state index in [9.17, 15) is 4.39 Å². The molecule has 5 nitrogen and oxygen atoms in total. The first-order valence-corrected chi connectivity index (χ1v) is 11.1. The maximum absolute atomic E-state index is 13.4. The summed E-state index contributed by atoms with van der Waals surface area (Å²) >= 11 is 5.50. The molecule has 0 amide bonds. The Bertz CT molecular complexity index is 1050. The van der Waals surface area contributed by atoms with Crippen molar-refractivity contribution in [2.75, 3.05) is 19.0 Å². The third-order valence-corrected chi connectivity index (χ3v) is 6.13. The second kappa shape index (κ2) is 9.96. The summed E-state index contributed by atoms with van der Waals surface area (Å²) in [5.74, 6) is 1.49. The van der Waals surface area contributed by atoms with Gasteiger partial charge in [0, 0.05) is 18.0 Å². The molecule has 1 aromatic heterocycles. The van der Waals surface area contributed by atoms with Gasteiger partial charge in [-0.3, -0.25) is 0 Å². The van der Waals surface area contributed by atoms with Crippen LogP contribution >= 0.6 is 12.2 Å². The first-order valence-electron chi connectivity index (χ1n) is 10.7. The highest BCUT2D eigenvalue weighted by Crippen LogP contribution is 2.40. The van der Waals surface area contributed by atoms with Crippen molar-refractivity contribution in [2.45, 2.75) is 31.1 Å². The molecule has 0 saturated heterocycles. The van der Waals surface area contributed by atoms with Crippen molar-refractivity contribution < 1.29 is 13.9 Å². The van der Waals surface area contributed by atoms with E-state index in [0.717, 1.165) is 36.9 Å². The molecule has 1 saturated carbocycles. The van der Waals surface area contributed by atoms with Gasteiger partial charge in [0.1, 0.15) is 5.82 Å². The van der Waals surface area contributed by atoms with Crippen LogP contribution in [0.25, 0.3) is 0 Å². The number of anilines is 1. The van der Waals surface area contributed by atoms with E-state index in [1.165, 1.54) is 12.1 Å². The highest BCUT2D eigenvalue weighted by molar-refractivity contribution is 7.80. The van der Waals surface area contributed by atoms with E-state index in [0.29, 0.717) is 29.0 Å². The van der Waals surface area contributed by atoms with E-state index in [-0.39, 0.29) is 11.2 Å². The van der Waals surface area contributed by atoms with Crippen LogP contribution in [0.5, 0.6) is 17.4 Å². The third kappa shape index (κ3) is 5.16. The first kappa shape index (κ1) is 22.0. The number of hydrogen-bond donors (Lipinski definition) is 2. The molecule has 0 radical (unpaired) electrons. The summed E-state index contributed by atoms with van der Waals surface area (Å²) in [6, 6.07) is 17.9. The predicted molar refractivity (Wildman–Crippen MR) is 128 cm³/mol. The Hall–Kier alpha value is -3.19. The fourth-order valence-electron chi connectivity index (χ4n) is 4.18. The molecule has 2 N–H and O–H groups in total.